The van der Waals surface area contributed by atoms with Gasteiger partial charge >= 0.3 is 5.97 Å². The third-order valence-electron chi connectivity index (χ3n) is 17.6. The average molecular weight is 1250 g/mol. The fraction of sp³-hybridized carbons (Fsp3) is 0.821. The van der Waals surface area contributed by atoms with Crippen molar-refractivity contribution in [3.8, 4) is 0 Å². The maximum atomic E-state index is 13.5. The van der Waals surface area contributed by atoms with Crippen molar-refractivity contribution in [2.75, 3.05) is 13.2 Å². The van der Waals surface area contributed by atoms with E-state index in [1.165, 1.54) is 218 Å². The molecule has 1 saturated heterocycles. The van der Waals surface area contributed by atoms with Crippen LogP contribution in [0, 0.1) is 0 Å². The number of aliphatic hydroxyl groups is 5. The Morgan fingerprint density at radius 3 is 1.19 bits per heavy atom. The highest BCUT2D eigenvalue weighted by atomic mass is 16.7. The van der Waals surface area contributed by atoms with Crippen LogP contribution in [0.15, 0.2) is 72.9 Å². The van der Waals surface area contributed by atoms with E-state index in [9.17, 15) is 35.1 Å². The first-order valence-corrected chi connectivity index (χ1v) is 37.7. The van der Waals surface area contributed by atoms with Crippen LogP contribution in [0.25, 0.3) is 0 Å². The van der Waals surface area contributed by atoms with Crippen LogP contribution in [0.3, 0.4) is 0 Å². The lowest BCUT2D eigenvalue weighted by Gasteiger charge is -2.41. The largest absolute Gasteiger partial charge is 0.454 e. The Labute approximate surface area is 547 Å². The second-order valence-corrected chi connectivity index (χ2v) is 26.0. The SMILES string of the molecule is CCCCC/C=C\C/C=C\C/C=C\C/C=C\CCCCCCCCCCCCCC(=O)OC1C(OCC(NC(=O)C(O)CCCCCCCCCCCC/C=C/CCCCCCCC)C(O)/C=C/CCCCCCCCCCCCC)OC(CO)C(O)C1O. The highest BCUT2D eigenvalue weighted by Gasteiger charge is 2.47. The van der Waals surface area contributed by atoms with Gasteiger partial charge in [-0.1, -0.05) is 318 Å². The number of carbonyl (C=O) groups excluding carboxylic acids is 2. The molecular formula is C78H141NO10. The Hall–Kier alpha value is -2.90. The highest BCUT2D eigenvalue weighted by Crippen LogP contribution is 2.26. The van der Waals surface area contributed by atoms with E-state index in [0.29, 0.717) is 19.3 Å². The van der Waals surface area contributed by atoms with Crippen LogP contribution in [0.5, 0.6) is 0 Å². The van der Waals surface area contributed by atoms with E-state index < -0.39 is 67.4 Å². The molecule has 518 valence electrons. The fourth-order valence-electron chi connectivity index (χ4n) is 11.6. The van der Waals surface area contributed by atoms with Gasteiger partial charge in [-0.3, -0.25) is 9.59 Å². The van der Waals surface area contributed by atoms with Gasteiger partial charge in [-0.25, -0.2) is 0 Å². The van der Waals surface area contributed by atoms with Crippen LogP contribution in [0.1, 0.15) is 348 Å². The maximum Gasteiger partial charge on any atom is 0.306 e. The molecule has 1 heterocycles. The molecule has 11 heteroatoms. The minimum Gasteiger partial charge on any atom is -0.454 e. The molecule has 0 radical (unpaired) electrons. The summed E-state index contributed by atoms with van der Waals surface area (Å²) in [6.45, 7) is 5.80. The topological polar surface area (TPSA) is 175 Å². The van der Waals surface area contributed by atoms with Crippen LogP contribution < -0.4 is 5.32 Å². The van der Waals surface area contributed by atoms with Crippen LogP contribution in [0.2, 0.25) is 0 Å². The Balaban J connectivity index is 2.55. The minimum absolute atomic E-state index is 0.119. The maximum absolute atomic E-state index is 13.5. The molecule has 0 aromatic rings. The lowest BCUT2D eigenvalue weighted by molar-refractivity contribution is -0.305. The summed E-state index contributed by atoms with van der Waals surface area (Å²) in [5.74, 6) is -1.19. The number of allylic oxidation sites excluding steroid dienone is 11. The minimum atomic E-state index is -1.62. The molecule has 0 aliphatic carbocycles. The zero-order valence-electron chi connectivity index (χ0n) is 57.8. The molecule has 8 unspecified atom stereocenters. The van der Waals surface area contributed by atoms with E-state index in [2.05, 4.69) is 86.8 Å². The Morgan fingerprint density at radius 2 is 0.775 bits per heavy atom. The van der Waals surface area contributed by atoms with Crippen LogP contribution in [0.4, 0.5) is 0 Å². The molecule has 0 bridgehead atoms. The third-order valence-corrected chi connectivity index (χ3v) is 17.6. The molecule has 1 aliphatic rings. The van der Waals surface area contributed by atoms with Crippen molar-refractivity contribution in [2.24, 2.45) is 0 Å². The number of rotatable bonds is 65. The third kappa shape index (κ3) is 52.2. The Kier molecular flexibility index (Phi) is 61.6. The van der Waals surface area contributed by atoms with Crippen molar-refractivity contribution in [3.63, 3.8) is 0 Å². The molecule has 0 aromatic carbocycles. The molecule has 0 spiro atoms. The summed E-state index contributed by atoms with van der Waals surface area (Å²) in [6, 6.07) is -1.03. The summed E-state index contributed by atoms with van der Waals surface area (Å²) in [7, 11) is 0. The van der Waals surface area contributed by atoms with E-state index in [4.69, 9.17) is 14.2 Å². The summed E-state index contributed by atoms with van der Waals surface area (Å²) in [4.78, 5) is 26.7. The van der Waals surface area contributed by atoms with Crippen LogP contribution >= 0.6 is 0 Å². The van der Waals surface area contributed by atoms with Gasteiger partial charge in [-0.15, -0.1) is 0 Å². The number of unbranched alkanes of at least 4 members (excludes halogenated alkanes) is 41. The number of carbonyl (C=O) groups is 2. The van der Waals surface area contributed by atoms with Gasteiger partial charge < -0.3 is 45.1 Å². The smallest absolute Gasteiger partial charge is 0.306 e. The first-order chi connectivity index (χ1) is 43.7. The number of amides is 1. The van der Waals surface area contributed by atoms with Gasteiger partial charge in [0.15, 0.2) is 12.4 Å². The molecular weight excluding hydrogens is 1110 g/mol. The molecule has 0 saturated carbocycles. The van der Waals surface area contributed by atoms with E-state index in [1.807, 2.05) is 6.08 Å². The van der Waals surface area contributed by atoms with Gasteiger partial charge in [0.2, 0.25) is 5.91 Å². The second-order valence-electron chi connectivity index (χ2n) is 26.0. The molecule has 89 heavy (non-hydrogen) atoms. The summed E-state index contributed by atoms with van der Waals surface area (Å²) >= 11 is 0. The molecule has 1 aliphatic heterocycles. The zero-order chi connectivity index (χ0) is 64.6. The summed E-state index contributed by atoms with van der Waals surface area (Å²) < 4.78 is 17.7. The average Bonchev–Trinajstić information content (AvgIpc) is 1.85. The van der Waals surface area contributed by atoms with Crippen molar-refractivity contribution in [1.82, 2.24) is 5.32 Å². The van der Waals surface area contributed by atoms with Gasteiger partial charge in [0.25, 0.3) is 0 Å². The molecule has 0 aromatic heterocycles. The highest BCUT2D eigenvalue weighted by molar-refractivity contribution is 5.80. The molecule has 1 amide bonds. The summed E-state index contributed by atoms with van der Waals surface area (Å²) in [5.41, 5.74) is 0. The number of esters is 1. The Bertz CT molecular complexity index is 1730. The van der Waals surface area contributed by atoms with Gasteiger partial charge in [0.05, 0.1) is 25.4 Å². The van der Waals surface area contributed by atoms with E-state index in [1.54, 1.807) is 6.08 Å². The Morgan fingerprint density at radius 1 is 0.438 bits per heavy atom. The number of hydrogen-bond acceptors (Lipinski definition) is 10. The van der Waals surface area contributed by atoms with Gasteiger partial charge in [-0.2, -0.15) is 0 Å². The van der Waals surface area contributed by atoms with E-state index in [0.717, 1.165) is 83.5 Å². The van der Waals surface area contributed by atoms with Crippen molar-refractivity contribution >= 4 is 11.9 Å². The van der Waals surface area contributed by atoms with Crippen LogP contribution in [-0.2, 0) is 23.8 Å². The molecule has 8 atom stereocenters. The van der Waals surface area contributed by atoms with Crippen molar-refractivity contribution in [2.45, 2.75) is 397 Å². The number of ether oxygens (including phenoxy) is 3. The van der Waals surface area contributed by atoms with Gasteiger partial charge in [-0.05, 0) is 96.3 Å². The van der Waals surface area contributed by atoms with Crippen molar-refractivity contribution in [3.05, 3.63) is 72.9 Å². The lowest BCUT2D eigenvalue weighted by Crippen LogP contribution is -2.61. The molecule has 6 N–H and O–H groups in total. The second kappa shape index (κ2) is 65.2. The normalized spacial score (nSPS) is 18.5. The first kappa shape index (κ1) is 84.1. The lowest BCUT2D eigenvalue weighted by atomic mass is 9.99. The number of aliphatic hydroxyl groups excluding tert-OH is 5. The molecule has 11 nitrogen and oxygen atoms in total. The fourth-order valence-corrected chi connectivity index (χ4v) is 11.6. The zero-order valence-corrected chi connectivity index (χ0v) is 57.8. The standard InChI is InChI=1S/C78H141NO10/c1-4-7-10-13-16-19-22-25-27-29-31-33-34-35-36-37-38-39-41-43-45-48-51-54-57-60-63-66-73(83)89-76-75(85)74(84)72(67-80)88-78(76)87-68-69(70(81)64-61-58-55-52-49-46-24-21-18-15-12-9-6-3)79-77(86)71(82)65-62-59-56-53-50-47-44-42-40-32-30-28-26-23-20-17-14-11-8-5-2/h16,19,25-28,31,33,35-36,61,64,69-72,74-76,78,80-82,84-85H,4-15,17-18,20-24,29-30,32,34,37-60,62-63,65-68H2,1-3H3,(H,79,86)/b19-16-,27-25-,28-26+,33-31-,36-35-,64-61+. The summed E-state index contributed by atoms with van der Waals surface area (Å²) in [6.07, 6.45) is 75.1. The van der Waals surface area contributed by atoms with E-state index >= 15 is 0 Å². The quantitative estimate of drug-likeness (QED) is 0.0195. The van der Waals surface area contributed by atoms with Crippen molar-refractivity contribution in [1.29, 1.82) is 0 Å². The predicted molar refractivity (Wildman–Crippen MR) is 375 cm³/mol. The molecule has 1 fully saturated rings. The van der Waals surface area contributed by atoms with Gasteiger partial charge in [0, 0.05) is 6.42 Å². The van der Waals surface area contributed by atoms with E-state index in [-0.39, 0.29) is 13.0 Å². The van der Waals surface area contributed by atoms with Crippen LogP contribution in [-0.4, -0.2) is 99.6 Å². The van der Waals surface area contributed by atoms with Gasteiger partial charge in [0.1, 0.15) is 24.4 Å². The predicted octanol–water partition coefficient (Wildman–Crippen LogP) is 19.9. The molecule has 1 rings (SSSR count). The number of hydrogen-bond donors (Lipinski definition) is 6. The number of nitrogens with one attached hydrogen (secondary N) is 1. The first-order valence-electron chi connectivity index (χ1n) is 37.7. The monoisotopic (exact) mass is 1250 g/mol. The van der Waals surface area contributed by atoms with Crippen molar-refractivity contribution < 1.29 is 49.3 Å². The summed E-state index contributed by atoms with van der Waals surface area (Å²) in [5, 5.41) is 57.4.